The summed E-state index contributed by atoms with van der Waals surface area (Å²) in [6.07, 6.45) is 2.58. The molecule has 0 radical (unpaired) electrons. The molecular weight excluding hydrogens is 442 g/mol. The summed E-state index contributed by atoms with van der Waals surface area (Å²) in [6, 6.07) is 37.5. The molecular formula is C33H31NO2. The van der Waals surface area contributed by atoms with Crippen molar-refractivity contribution in [2.45, 2.75) is 17.9 Å². The summed E-state index contributed by atoms with van der Waals surface area (Å²) in [5, 5.41) is 12.5. The van der Waals surface area contributed by atoms with Crippen LogP contribution in [0.5, 0.6) is 0 Å². The SMILES string of the molecule is CN(C)c1ccc([C@H]2CC(c3ccccc3)=C[C@](O)(c3ccccc3)[C@@H]2C(=O)c2ccccc2)cc1. The largest absolute Gasteiger partial charge is 0.380 e. The Labute approximate surface area is 213 Å². The standard InChI is InChI=1S/C33H31NO2/c1-34(2)29-20-18-25(19-21-29)30-22-27(24-12-6-3-7-13-24)23-33(36,28-16-10-5-11-17-28)31(30)32(35)26-14-8-4-9-15-26/h3-21,23,30-31,36H,22H2,1-2H3/t30-,31+,33+/m1/s1. The van der Waals surface area contributed by atoms with E-state index in [-0.39, 0.29) is 11.7 Å². The minimum atomic E-state index is -1.47. The van der Waals surface area contributed by atoms with Crippen LogP contribution in [0.15, 0.2) is 121 Å². The van der Waals surface area contributed by atoms with Gasteiger partial charge in [0.25, 0.3) is 0 Å². The first kappa shape index (κ1) is 23.8. The summed E-state index contributed by atoms with van der Waals surface area (Å²) < 4.78 is 0. The van der Waals surface area contributed by atoms with E-state index in [1.165, 1.54) is 0 Å². The van der Waals surface area contributed by atoms with Gasteiger partial charge in [-0.1, -0.05) is 103 Å². The quantitative estimate of drug-likeness (QED) is 0.316. The number of Topliss-reactive ketones (excluding diaryl/α,β-unsaturated/α-hetero) is 1. The number of hydrogen-bond acceptors (Lipinski definition) is 3. The number of rotatable bonds is 6. The van der Waals surface area contributed by atoms with Crippen LogP contribution < -0.4 is 4.90 Å². The Morgan fingerprint density at radius 3 is 1.92 bits per heavy atom. The van der Waals surface area contributed by atoms with Gasteiger partial charge in [-0.15, -0.1) is 0 Å². The minimum absolute atomic E-state index is 0.0491. The molecule has 3 atom stereocenters. The molecule has 1 N–H and O–H groups in total. The molecule has 0 spiro atoms. The molecule has 5 rings (SSSR count). The van der Waals surface area contributed by atoms with Crippen molar-refractivity contribution in [3.8, 4) is 0 Å². The molecule has 0 heterocycles. The third kappa shape index (κ3) is 4.50. The van der Waals surface area contributed by atoms with E-state index in [0.29, 0.717) is 12.0 Å². The van der Waals surface area contributed by atoms with Gasteiger partial charge in [0.1, 0.15) is 5.60 Å². The number of allylic oxidation sites excluding steroid dienone is 1. The van der Waals surface area contributed by atoms with E-state index >= 15 is 0 Å². The smallest absolute Gasteiger partial charge is 0.170 e. The average molecular weight is 474 g/mol. The first-order chi connectivity index (χ1) is 17.5. The topological polar surface area (TPSA) is 40.5 Å². The Bertz CT molecular complexity index is 1350. The van der Waals surface area contributed by atoms with Crippen molar-refractivity contribution in [2.75, 3.05) is 19.0 Å². The van der Waals surface area contributed by atoms with Crippen LogP contribution in [0, 0.1) is 5.92 Å². The van der Waals surface area contributed by atoms with Crippen LogP contribution in [0.1, 0.15) is 39.4 Å². The van der Waals surface area contributed by atoms with Gasteiger partial charge in [0, 0.05) is 31.3 Å². The van der Waals surface area contributed by atoms with Crippen molar-refractivity contribution in [3.05, 3.63) is 144 Å². The van der Waals surface area contributed by atoms with Crippen molar-refractivity contribution >= 4 is 17.0 Å². The maximum atomic E-state index is 14.2. The summed E-state index contributed by atoms with van der Waals surface area (Å²) in [7, 11) is 4.03. The predicted octanol–water partition coefficient (Wildman–Crippen LogP) is 6.71. The lowest BCUT2D eigenvalue weighted by Gasteiger charge is -2.43. The lowest BCUT2D eigenvalue weighted by atomic mass is 9.62. The number of hydrogen-bond donors (Lipinski definition) is 1. The minimum Gasteiger partial charge on any atom is -0.380 e. The van der Waals surface area contributed by atoms with Crippen molar-refractivity contribution in [2.24, 2.45) is 5.92 Å². The number of nitrogens with zero attached hydrogens (tertiary/aromatic N) is 1. The van der Waals surface area contributed by atoms with Gasteiger partial charge < -0.3 is 10.0 Å². The lowest BCUT2D eigenvalue weighted by molar-refractivity contribution is 0.0110. The Kier molecular flexibility index (Phi) is 6.58. The van der Waals surface area contributed by atoms with Gasteiger partial charge in [-0.2, -0.15) is 0 Å². The number of carbonyl (C=O) groups excluding carboxylic acids is 1. The number of aliphatic hydroxyl groups is 1. The number of ketones is 1. The maximum Gasteiger partial charge on any atom is 0.170 e. The zero-order valence-corrected chi connectivity index (χ0v) is 20.7. The van der Waals surface area contributed by atoms with Crippen LogP contribution >= 0.6 is 0 Å². The Morgan fingerprint density at radius 1 is 0.778 bits per heavy atom. The molecule has 36 heavy (non-hydrogen) atoms. The molecule has 0 aromatic heterocycles. The Balaban J connectivity index is 1.72. The number of anilines is 1. The highest BCUT2D eigenvalue weighted by atomic mass is 16.3. The zero-order valence-electron chi connectivity index (χ0n) is 20.7. The van der Waals surface area contributed by atoms with Crippen molar-refractivity contribution in [1.82, 2.24) is 0 Å². The van der Waals surface area contributed by atoms with Gasteiger partial charge in [0.2, 0.25) is 0 Å². The second-order valence-electron chi connectivity index (χ2n) is 9.73. The first-order valence-corrected chi connectivity index (χ1v) is 12.4. The van der Waals surface area contributed by atoms with Gasteiger partial charge >= 0.3 is 0 Å². The monoisotopic (exact) mass is 473 g/mol. The predicted molar refractivity (Wildman–Crippen MR) is 147 cm³/mol. The Morgan fingerprint density at radius 2 is 1.33 bits per heavy atom. The van der Waals surface area contributed by atoms with Crippen LogP contribution in [0.25, 0.3) is 5.57 Å². The first-order valence-electron chi connectivity index (χ1n) is 12.4. The van der Waals surface area contributed by atoms with Crippen LogP contribution in [0.2, 0.25) is 0 Å². The van der Waals surface area contributed by atoms with Crippen molar-refractivity contribution in [3.63, 3.8) is 0 Å². The lowest BCUT2D eigenvalue weighted by Crippen LogP contribution is -2.44. The highest BCUT2D eigenvalue weighted by molar-refractivity contribution is 6.00. The molecule has 0 fully saturated rings. The molecule has 4 aromatic carbocycles. The fourth-order valence-corrected chi connectivity index (χ4v) is 5.39. The fourth-order valence-electron chi connectivity index (χ4n) is 5.39. The molecule has 1 aliphatic carbocycles. The Hall–Kier alpha value is -3.95. The van der Waals surface area contributed by atoms with Gasteiger partial charge in [-0.25, -0.2) is 0 Å². The van der Waals surface area contributed by atoms with Gasteiger partial charge in [-0.3, -0.25) is 4.79 Å². The summed E-state index contributed by atoms with van der Waals surface area (Å²) >= 11 is 0. The number of carbonyl (C=O) groups is 1. The zero-order chi connectivity index (χ0) is 25.1. The van der Waals surface area contributed by atoms with Gasteiger partial charge in [0.05, 0.1) is 5.92 Å². The van der Waals surface area contributed by atoms with Crippen LogP contribution in [0.3, 0.4) is 0 Å². The molecule has 3 heteroatoms. The van der Waals surface area contributed by atoms with Crippen molar-refractivity contribution in [1.29, 1.82) is 0 Å². The van der Waals surface area contributed by atoms with Crippen LogP contribution in [-0.2, 0) is 5.60 Å². The third-order valence-electron chi connectivity index (χ3n) is 7.27. The van der Waals surface area contributed by atoms with E-state index in [1.807, 2.05) is 99.0 Å². The van der Waals surface area contributed by atoms with E-state index in [4.69, 9.17) is 0 Å². The second-order valence-corrected chi connectivity index (χ2v) is 9.73. The molecule has 4 aromatic rings. The highest BCUT2D eigenvalue weighted by Crippen LogP contribution is 2.51. The summed E-state index contributed by atoms with van der Waals surface area (Å²) in [4.78, 5) is 16.3. The molecule has 0 saturated heterocycles. The highest BCUT2D eigenvalue weighted by Gasteiger charge is 2.49. The average Bonchev–Trinajstić information content (AvgIpc) is 2.94. The van der Waals surface area contributed by atoms with Crippen LogP contribution in [0.4, 0.5) is 5.69 Å². The van der Waals surface area contributed by atoms with Gasteiger partial charge in [0.15, 0.2) is 5.78 Å². The van der Waals surface area contributed by atoms with E-state index in [0.717, 1.165) is 28.0 Å². The van der Waals surface area contributed by atoms with E-state index < -0.39 is 11.5 Å². The molecule has 1 aliphatic rings. The summed E-state index contributed by atoms with van der Waals surface area (Å²) in [6.45, 7) is 0. The molecule has 0 amide bonds. The molecule has 0 aliphatic heterocycles. The molecule has 3 nitrogen and oxygen atoms in total. The number of benzene rings is 4. The van der Waals surface area contributed by atoms with Crippen LogP contribution in [-0.4, -0.2) is 25.0 Å². The third-order valence-corrected chi connectivity index (χ3v) is 7.27. The summed E-state index contributed by atoms with van der Waals surface area (Å²) in [5.41, 5.74) is 4.12. The fraction of sp³-hybridized carbons (Fsp3) is 0.182. The van der Waals surface area contributed by atoms with Gasteiger partial charge in [-0.05, 0) is 46.9 Å². The molecule has 0 bridgehead atoms. The van der Waals surface area contributed by atoms with Crippen molar-refractivity contribution < 1.29 is 9.90 Å². The maximum absolute atomic E-state index is 14.2. The summed E-state index contributed by atoms with van der Waals surface area (Å²) in [5.74, 6) is -0.939. The van der Waals surface area contributed by atoms with E-state index in [9.17, 15) is 9.90 Å². The van der Waals surface area contributed by atoms with E-state index in [1.54, 1.807) is 0 Å². The second kappa shape index (κ2) is 9.96. The molecule has 0 saturated carbocycles. The molecule has 180 valence electrons. The molecule has 0 unspecified atom stereocenters. The van der Waals surface area contributed by atoms with E-state index in [2.05, 4.69) is 41.3 Å². The normalized spacial score (nSPS) is 21.5.